The van der Waals surface area contributed by atoms with E-state index in [1.807, 2.05) is 91.9 Å². The number of hydrogen-bond donors (Lipinski definition) is 3. The average Bonchev–Trinajstić information content (AvgIpc) is 3.77. The lowest BCUT2D eigenvalue weighted by molar-refractivity contribution is -0.151. The van der Waals surface area contributed by atoms with Crippen molar-refractivity contribution in [1.82, 2.24) is 10.2 Å². The Morgan fingerprint density at radius 1 is 0.884 bits per heavy atom. The number of ether oxygens (including phenoxy) is 3. The van der Waals surface area contributed by atoms with Gasteiger partial charge in [0, 0.05) is 35.3 Å². The van der Waals surface area contributed by atoms with Crippen LogP contribution < -0.4 is 29.8 Å². The molecule has 0 aliphatic carbocycles. The number of carbonyl (C=O) groups is 3. The van der Waals surface area contributed by atoms with E-state index in [0.29, 0.717) is 60.9 Å². The molecule has 1 spiro atoms. The zero-order valence-electron chi connectivity index (χ0n) is 40.1. The number of hydrogen-bond acceptors (Lipinski definition) is 9. The van der Waals surface area contributed by atoms with E-state index in [2.05, 4.69) is 43.5 Å². The van der Waals surface area contributed by atoms with E-state index in [1.54, 1.807) is 27.9 Å². The third-order valence-corrected chi connectivity index (χ3v) is 19.7. The van der Waals surface area contributed by atoms with E-state index < -0.39 is 25.8 Å². The number of fused-ring (bicyclic) bond motifs is 4. The van der Waals surface area contributed by atoms with Crippen LogP contribution in [0.15, 0.2) is 109 Å². The molecule has 362 valence electrons. The van der Waals surface area contributed by atoms with E-state index in [-0.39, 0.29) is 61.4 Å². The normalized spacial score (nSPS) is 23.0. The SMILES string of the molecule is CCOc1ccc2c(c1)CC(NCCCCO)C(=O)N2c1cccc(CN2C(=O)[C@@]3(O[C@@H](CC(=O)N4Cc5ccccc5C[C@H]4CO)[C@H]([Si](C)(C)c4ccc(OC)cc4)[C@H]3C)c3cc(Cl)ccc32)c1. The van der Waals surface area contributed by atoms with Crippen LogP contribution in [0.2, 0.25) is 23.7 Å². The Morgan fingerprint density at radius 2 is 1.64 bits per heavy atom. The number of carbonyl (C=O) groups excluding carboxylic acids is 3. The minimum absolute atomic E-state index is 0.0297. The highest BCUT2D eigenvalue weighted by atomic mass is 35.5. The Morgan fingerprint density at radius 3 is 2.38 bits per heavy atom. The van der Waals surface area contributed by atoms with Crippen molar-refractivity contribution in [3.05, 3.63) is 142 Å². The van der Waals surface area contributed by atoms with Crippen LogP contribution in [0.5, 0.6) is 11.5 Å². The fraction of sp³-hybridized carbons (Fsp3) is 0.400. The van der Waals surface area contributed by atoms with Crippen molar-refractivity contribution in [1.29, 1.82) is 0 Å². The molecule has 3 amide bonds. The summed E-state index contributed by atoms with van der Waals surface area (Å²) in [5.74, 6) is 0.642. The Kier molecular flexibility index (Phi) is 14.1. The number of unbranched alkanes of at least 4 members (excludes halogenated alkanes) is 1. The number of aliphatic hydroxyl groups is 2. The Balaban J connectivity index is 1.07. The molecule has 0 radical (unpaired) electrons. The predicted molar refractivity (Wildman–Crippen MR) is 271 cm³/mol. The fourth-order valence-corrected chi connectivity index (χ4v) is 15.9. The minimum Gasteiger partial charge on any atom is -0.497 e. The summed E-state index contributed by atoms with van der Waals surface area (Å²) in [5, 5.41) is 25.1. The smallest absolute Gasteiger partial charge is 0.264 e. The average molecular weight is 972 g/mol. The summed E-state index contributed by atoms with van der Waals surface area (Å²) in [6.07, 6.45) is 1.80. The predicted octanol–water partition coefficient (Wildman–Crippen LogP) is 7.80. The number of rotatable bonds is 16. The molecule has 4 aliphatic heterocycles. The first-order chi connectivity index (χ1) is 33.3. The highest BCUT2D eigenvalue weighted by Crippen LogP contribution is 2.60. The fourth-order valence-electron chi connectivity index (χ4n) is 11.7. The van der Waals surface area contributed by atoms with Gasteiger partial charge in [-0.2, -0.15) is 0 Å². The van der Waals surface area contributed by atoms with Gasteiger partial charge in [0.05, 0.1) is 70.9 Å². The number of nitrogens with one attached hydrogen (secondary N) is 1. The number of nitrogens with zero attached hydrogens (tertiary/aromatic N) is 3. The molecule has 1 unspecified atom stereocenters. The van der Waals surface area contributed by atoms with Crippen LogP contribution in [0.1, 0.15) is 60.9 Å². The van der Waals surface area contributed by atoms with Gasteiger partial charge in [-0.15, -0.1) is 0 Å². The van der Waals surface area contributed by atoms with Crippen molar-refractivity contribution >= 4 is 59.6 Å². The summed E-state index contributed by atoms with van der Waals surface area (Å²) in [5.41, 5.74) is 5.07. The third-order valence-electron chi connectivity index (χ3n) is 15.1. The molecule has 12 nitrogen and oxygen atoms in total. The van der Waals surface area contributed by atoms with Gasteiger partial charge >= 0.3 is 0 Å². The second-order valence-electron chi connectivity index (χ2n) is 19.5. The molecule has 4 aliphatic rings. The molecule has 4 heterocycles. The van der Waals surface area contributed by atoms with Crippen molar-refractivity contribution in [2.24, 2.45) is 5.92 Å². The molecule has 1 fully saturated rings. The van der Waals surface area contributed by atoms with Crippen LogP contribution in [0.4, 0.5) is 17.1 Å². The van der Waals surface area contributed by atoms with E-state index in [9.17, 15) is 19.8 Å². The number of anilines is 3. The summed E-state index contributed by atoms with van der Waals surface area (Å²) in [6.45, 7) is 10.2. The van der Waals surface area contributed by atoms with Gasteiger partial charge in [0.1, 0.15) is 11.5 Å². The van der Waals surface area contributed by atoms with Crippen LogP contribution in [-0.2, 0) is 50.7 Å². The minimum atomic E-state index is -2.62. The molecular formula is C55H63ClN4O8Si. The monoisotopic (exact) mass is 970 g/mol. The number of methoxy groups -OCH3 is 1. The van der Waals surface area contributed by atoms with E-state index in [4.69, 9.17) is 25.8 Å². The maximum absolute atomic E-state index is 15.8. The zero-order chi connectivity index (χ0) is 48.6. The van der Waals surface area contributed by atoms with Crippen molar-refractivity contribution in [3.63, 3.8) is 0 Å². The van der Waals surface area contributed by atoms with Gasteiger partial charge < -0.3 is 39.5 Å². The molecule has 6 atom stereocenters. The molecule has 3 N–H and O–H groups in total. The van der Waals surface area contributed by atoms with E-state index >= 15 is 4.79 Å². The van der Waals surface area contributed by atoms with Crippen LogP contribution in [0, 0.1) is 5.92 Å². The number of amides is 3. The molecule has 69 heavy (non-hydrogen) atoms. The lowest BCUT2D eigenvalue weighted by atomic mass is 9.82. The van der Waals surface area contributed by atoms with Crippen molar-refractivity contribution in [2.45, 2.75) is 101 Å². The quantitative estimate of drug-likeness (QED) is 0.0668. The summed E-state index contributed by atoms with van der Waals surface area (Å²) >= 11 is 6.85. The van der Waals surface area contributed by atoms with Crippen LogP contribution in [-0.4, -0.2) is 92.6 Å². The van der Waals surface area contributed by atoms with Crippen LogP contribution in [0.25, 0.3) is 0 Å². The summed E-state index contributed by atoms with van der Waals surface area (Å²) in [7, 11) is -0.972. The summed E-state index contributed by atoms with van der Waals surface area (Å²) < 4.78 is 18.8. The topological polar surface area (TPSA) is 141 Å². The molecule has 1 saturated heterocycles. The van der Waals surface area contributed by atoms with Crippen LogP contribution in [0.3, 0.4) is 0 Å². The zero-order valence-corrected chi connectivity index (χ0v) is 41.9. The summed E-state index contributed by atoms with van der Waals surface area (Å²) in [4.78, 5) is 50.4. The van der Waals surface area contributed by atoms with Gasteiger partial charge in [-0.25, -0.2) is 0 Å². The van der Waals surface area contributed by atoms with Gasteiger partial charge in [-0.05, 0) is 128 Å². The van der Waals surface area contributed by atoms with Gasteiger partial charge in [-0.1, -0.05) is 85.3 Å². The molecule has 9 rings (SSSR count). The highest BCUT2D eigenvalue weighted by molar-refractivity contribution is 6.91. The standard InChI is InChI=1S/C55H63ClN4O8Si/c1-6-67-44-19-23-48-39(28-44)29-47(57-24-9-10-25-61)53(64)60(48)41-15-11-12-36(26-41)32-59-49-22-16-40(56)30-46(49)55(54(59)65)35(2)52(69(4,5)45-20-17-43(66-3)18-21-45)50(68-55)31-51(63)58-33-38-14-8-7-13-37(38)27-42(58)34-62/h7-8,11-23,26,28,30,35,42,47,50,52,57,61-62H,6,9-10,24-25,27,29,31-34H2,1-5H3/t35-,42+,47?,50+,52-,55+/m1/s1. The molecule has 5 aromatic rings. The van der Waals surface area contributed by atoms with Gasteiger partial charge in [-0.3, -0.25) is 19.3 Å². The first kappa shape index (κ1) is 48.5. The molecule has 14 heteroatoms. The number of halogens is 1. The molecule has 0 saturated carbocycles. The molecule has 0 aromatic heterocycles. The van der Waals surface area contributed by atoms with Gasteiger partial charge in [0.25, 0.3) is 5.91 Å². The molecule has 0 bridgehead atoms. The van der Waals surface area contributed by atoms with Crippen molar-refractivity contribution in [2.75, 3.05) is 43.3 Å². The largest absolute Gasteiger partial charge is 0.497 e. The highest BCUT2D eigenvalue weighted by Gasteiger charge is 2.66. The first-order valence-electron chi connectivity index (χ1n) is 24.3. The second-order valence-corrected chi connectivity index (χ2v) is 24.6. The van der Waals surface area contributed by atoms with Gasteiger partial charge in [0.2, 0.25) is 11.8 Å². The van der Waals surface area contributed by atoms with Crippen LogP contribution >= 0.6 is 11.6 Å². The van der Waals surface area contributed by atoms with E-state index in [1.165, 1.54) is 0 Å². The molecular weight excluding hydrogens is 908 g/mol. The Hall–Kier alpha value is -5.54. The molecule has 5 aromatic carbocycles. The van der Waals surface area contributed by atoms with Gasteiger partial charge in [0.15, 0.2) is 5.60 Å². The lowest BCUT2D eigenvalue weighted by Gasteiger charge is -2.39. The first-order valence-corrected chi connectivity index (χ1v) is 27.7. The van der Waals surface area contributed by atoms with Crippen molar-refractivity contribution in [3.8, 4) is 11.5 Å². The second kappa shape index (κ2) is 20.1. The Labute approximate surface area is 411 Å². The maximum atomic E-state index is 15.8. The summed E-state index contributed by atoms with van der Waals surface area (Å²) in [6, 6.07) is 34.4. The number of aliphatic hydroxyl groups excluding tert-OH is 2. The van der Waals surface area contributed by atoms with Crippen molar-refractivity contribution < 1.29 is 38.8 Å². The Bertz CT molecular complexity index is 2720. The lowest BCUT2D eigenvalue weighted by Crippen LogP contribution is -2.52. The van der Waals surface area contributed by atoms with E-state index in [0.717, 1.165) is 51.0 Å². The third kappa shape index (κ3) is 8.98. The maximum Gasteiger partial charge on any atom is 0.264 e. The number of benzene rings is 5.